The van der Waals surface area contributed by atoms with Crippen molar-refractivity contribution >= 4 is 22.7 Å². The van der Waals surface area contributed by atoms with Crippen LogP contribution in [0.25, 0.3) is 10.6 Å². The average molecular weight is 239 g/mol. The molecule has 2 rings (SSSR count). The third-order valence-electron chi connectivity index (χ3n) is 2.08. The average Bonchev–Trinajstić information content (AvgIpc) is 2.83. The van der Waals surface area contributed by atoms with Crippen LogP contribution in [0.3, 0.4) is 0 Å². The van der Waals surface area contributed by atoms with Crippen molar-refractivity contribution in [2.45, 2.75) is 20.4 Å². The maximum Gasteiger partial charge on any atom is 0.148 e. The largest absolute Gasteiger partial charge is 0.311 e. The maximum atomic E-state index is 4.21. The molecule has 0 aromatic carbocycles. The fraction of sp³-hybridized carbons (Fsp3) is 0.400. The second-order valence-corrected chi connectivity index (χ2v) is 5.06. The van der Waals surface area contributed by atoms with Crippen molar-refractivity contribution in [2.24, 2.45) is 0 Å². The highest BCUT2D eigenvalue weighted by atomic mass is 32.1. The van der Waals surface area contributed by atoms with Gasteiger partial charge in [-0.05, 0) is 24.4 Å². The fourth-order valence-corrected chi connectivity index (χ4v) is 3.04. The second kappa shape index (κ2) is 4.83. The molecule has 5 heteroatoms. The van der Waals surface area contributed by atoms with Gasteiger partial charge in [0.15, 0.2) is 0 Å². The van der Waals surface area contributed by atoms with Crippen molar-refractivity contribution in [3.8, 4) is 10.6 Å². The molecule has 2 aromatic rings. The van der Waals surface area contributed by atoms with E-state index in [4.69, 9.17) is 0 Å². The first-order valence-electron chi connectivity index (χ1n) is 4.87. The van der Waals surface area contributed by atoms with Crippen LogP contribution in [-0.2, 0) is 6.54 Å². The van der Waals surface area contributed by atoms with E-state index in [1.807, 2.05) is 0 Å². The molecule has 2 heterocycles. The van der Waals surface area contributed by atoms with Gasteiger partial charge in [0.1, 0.15) is 10.0 Å². The van der Waals surface area contributed by atoms with Gasteiger partial charge in [0, 0.05) is 17.5 Å². The van der Waals surface area contributed by atoms with Crippen molar-refractivity contribution in [3.63, 3.8) is 0 Å². The van der Waals surface area contributed by atoms with Gasteiger partial charge in [0.05, 0.1) is 0 Å². The van der Waals surface area contributed by atoms with Crippen molar-refractivity contribution in [1.29, 1.82) is 0 Å². The Hall–Kier alpha value is -0.780. The van der Waals surface area contributed by atoms with Gasteiger partial charge in [0.25, 0.3) is 0 Å². The summed E-state index contributed by atoms with van der Waals surface area (Å²) in [4.78, 5) is 0. The van der Waals surface area contributed by atoms with E-state index in [0.29, 0.717) is 0 Å². The van der Waals surface area contributed by atoms with Crippen LogP contribution in [0.5, 0.6) is 0 Å². The lowest BCUT2D eigenvalue weighted by molar-refractivity contribution is 0.715. The molecule has 0 fully saturated rings. The number of hydrogen-bond donors (Lipinski definition) is 1. The van der Waals surface area contributed by atoms with E-state index >= 15 is 0 Å². The number of aromatic nitrogens is 2. The number of nitrogens with one attached hydrogen (secondary N) is 1. The summed E-state index contributed by atoms with van der Waals surface area (Å²) in [7, 11) is 0. The molecule has 3 nitrogen and oxygen atoms in total. The maximum absolute atomic E-state index is 4.21. The molecule has 0 spiro atoms. The zero-order chi connectivity index (χ0) is 10.7. The minimum atomic E-state index is 0.817. The Morgan fingerprint density at radius 1 is 1.33 bits per heavy atom. The van der Waals surface area contributed by atoms with Gasteiger partial charge >= 0.3 is 0 Å². The molecule has 0 amide bonds. The topological polar surface area (TPSA) is 37.8 Å². The molecule has 2 aromatic heterocycles. The Labute approximate surface area is 97.2 Å². The molecule has 0 saturated heterocycles. The van der Waals surface area contributed by atoms with Crippen LogP contribution in [-0.4, -0.2) is 16.7 Å². The normalized spacial score (nSPS) is 10.8. The molecule has 0 radical (unpaired) electrons. The summed E-state index contributed by atoms with van der Waals surface area (Å²) in [6.45, 7) is 5.98. The van der Waals surface area contributed by atoms with E-state index < -0.39 is 0 Å². The lowest BCUT2D eigenvalue weighted by Gasteiger charge is -1.93. The summed E-state index contributed by atoms with van der Waals surface area (Å²) < 4.78 is 0. The smallest absolute Gasteiger partial charge is 0.148 e. The molecule has 1 N–H and O–H groups in total. The molecular formula is C10H13N3S2. The minimum absolute atomic E-state index is 0.817. The van der Waals surface area contributed by atoms with Crippen LogP contribution >= 0.6 is 22.7 Å². The predicted octanol–water partition coefficient (Wildman–Crippen LogP) is 2.68. The van der Waals surface area contributed by atoms with Gasteiger partial charge in [-0.3, -0.25) is 0 Å². The van der Waals surface area contributed by atoms with E-state index in [1.54, 1.807) is 22.7 Å². The van der Waals surface area contributed by atoms with Crippen molar-refractivity contribution < 1.29 is 0 Å². The molecule has 0 saturated carbocycles. The van der Waals surface area contributed by atoms with E-state index in [-0.39, 0.29) is 0 Å². The third kappa shape index (κ3) is 2.42. The standard InChI is InChI=1S/C10H13N3S2/c1-3-11-4-9-12-13-10(15-9)8-6-14-5-7(8)2/h5-6,11H,3-4H2,1-2H3. The van der Waals surface area contributed by atoms with Crippen molar-refractivity contribution in [3.05, 3.63) is 21.3 Å². The lowest BCUT2D eigenvalue weighted by atomic mass is 10.2. The predicted molar refractivity (Wildman–Crippen MR) is 65.3 cm³/mol. The van der Waals surface area contributed by atoms with Crippen LogP contribution in [0.2, 0.25) is 0 Å². The summed E-state index contributed by atoms with van der Waals surface area (Å²) in [6.07, 6.45) is 0. The Morgan fingerprint density at radius 3 is 2.87 bits per heavy atom. The molecule has 80 valence electrons. The highest BCUT2D eigenvalue weighted by Gasteiger charge is 2.08. The molecule has 15 heavy (non-hydrogen) atoms. The number of hydrogen-bond acceptors (Lipinski definition) is 5. The molecular weight excluding hydrogens is 226 g/mol. The van der Waals surface area contributed by atoms with Gasteiger partial charge in [-0.25, -0.2) is 0 Å². The summed E-state index contributed by atoms with van der Waals surface area (Å²) in [6, 6.07) is 0. The summed E-state index contributed by atoms with van der Waals surface area (Å²) in [5, 5.41) is 18.0. The minimum Gasteiger partial charge on any atom is -0.311 e. The lowest BCUT2D eigenvalue weighted by Crippen LogP contribution is -2.11. The SMILES string of the molecule is CCNCc1nnc(-c2cscc2C)s1. The first kappa shape index (κ1) is 10.7. The fourth-order valence-electron chi connectivity index (χ4n) is 1.25. The number of thiophene rings is 1. The zero-order valence-corrected chi connectivity index (χ0v) is 10.4. The van der Waals surface area contributed by atoms with Crippen molar-refractivity contribution in [1.82, 2.24) is 15.5 Å². The summed E-state index contributed by atoms with van der Waals surface area (Å²) in [5.74, 6) is 0. The van der Waals surface area contributed by atoms with E-state index in [9.17, 15) is 0 Å². The molecule has 0 bridgehead atoms. The van der Waals surface area contributed by atoms with Crippen LogP contribution in [0.15, 0.2) is 10.8 Å². The van der Waals surface area contributed by atoms with Gasteiger partial charge < -0.3 is 5.32 Å². The molecule has 0 aliphatic rings. The van der Waals surface area contributed by atoms with Gasteiger partial charge in [-0.15, -0.1) is 10.2 Å². The highest BCUT2D eigenvalue weighted by molar-refractivity contribution is 7.15. The second-order valence-electron chi connectivity index (χ2n) is 3.25. The molecule has 0 aliphatic carbocycles. The van der Waals surface area contributed by atoms with Crippen LogP contribution in [0.1, 0.15) is 17.5 Å². The van der Waals surface area contributed by atoms with E-state index in [2.05, 4.69) is 40.1 Å². The first-order chi connectivity index (χ1) is 7.31. The van der Waals surface area contributed by atoms with E-state index in [1.165, 1.54) is 11.1 Å². The van der Waals surface area contributed by atoms with Crippen molar-refractivity contribution in [2.75, 3.05) is 6.54 Å². The summed E-state index contributed by atoms with van der Waals surface area (Å²) >= 11 is 3.38. The van der Waals surface area contributed by atoms with Gasteiger partial charge in [-0.1, -0.05) is 18.3 Å². The quantitative estimate of drug-likeness (QED) is 0.891. The molecule has 0 atom stereocenters. The van der Waals surface area contributed by atoms with Crippen LogP contribution in [0.4, 0.5) is 0 Å². The van der Waals surface area contributed by atoms with E-state index in [0.717, 1.165) is 23.1 Å². The zero-order valence-electron chi connectivity index (χ0n) is 8.78. The number of nitrogens with zero attached hydrogens (tertiary/aromatic N) is 2. The third-order valence-corrected chi connectivity index (χ3v) is 3.90. The van der Waals surface area contributed by atoms with Gasteiger partial charge in [-0.2, -0.15) is 11.3 Å². The van der Waals surface area contributed by atoms with Gasteiger partial charge in [0.2, 0.25) is 0 Å². The number of rotatable bonds is 4. The Kier molecular flexibility index (Phi) is 3.45. The molecule has 0 unspecified atom stereocenters. The summed E-state index contributed by atoms with van der Waals surface area (Å²) in [5.41, 5.74) is 2.51. The highest BCUT2D eigenvalue weighted by Crippen LogP contribution is 2.29. The number of aryl methyl sites for hydroxylation is 1. The molecule has 0 aliphatic heterocycles. The Bertz CT molecular complexity index is 433. The van der Waals surface area contributed by atoms with Crippen LogP contribution < -0.4 is 5.32 Å². The monoisotopic (exact) mass is 239 g/mol. The Balaban J connectivity index is 2.17. The van der Waals surface area contributed by atoms with Crippen LogP contribution in [0, 0.1) is 6.92 Å². The Morgan fingerprint density at radius 2 is 2.20 bits per heavy atom. The first-order valence-corrected chi connectivity index (χ1v) is 6.63.